The molecule has 100 valence electrons. The summed E-state index contributed by atoms with van der Waals surface area (Å²) in [4.78, 5) is 12.8. The molecule has 0 unspecified atom stereocenters. The Hall–Kier alpha value is -2.20. The van der Waals surface area contributed by atoms with Crippen LogP contribution in [-0.4, -0.2) is 15.0 Å². The molecule has 0 fully saturated rings. The fraction of sp³-hybridized carbons (Fsp3) is 0.133. The van der Waals surface area contributed by atoms with Gasteiger partial charge in [0.25, 0.3) is 0 Å². The number of anilines is 1. The standard InChI is InChI=1S/C15H13ClN4/c1-10-17-6-4-12(20-10)9-19-14-5-7-18-15-8-11(16)2-3-13(14)15/h2-8H,9H2,1H3,(H,18,19). The summed E-state index contributed by atoms with van der Waals surface area (Å²) in [6.45, 7) is 2.53. The van der Waals surface area contributed by atoms with Gasteiger partial charge in [-0.15, -0.1) is 0 Å². The lowest BCUT2D eigenvalue weighted by Crippen LogP contribution is -2.03. The van der Waals surface area contributed by atoms with Gasteiger partial charge in [-0.2, -0.15) is 0 Å². The average Bonchev–Trinajstić information content (AvgIpc) is 2.44. The molecule has 1 N–H and O–H groups in total. The van der Waals surface area contributed by atoms with E-state index in [0.29, 0.717) is 11.6 Å². The van der Waals surface area contributed by atoms with Crippen LogP contribution in [0.25, 0.3) is 10.9 Å². The third-order valence-corrected chi connectivity index (χ3v) is 3.23. The average molecular weight is 285 g/mol. The second-order valence-corrected chi connectivity index (χ2v) is 4.91. The zero-order chi connectivity index (χ0) is 13.9. The van der Waals surface area contributed by atoms with E-state index in [1.165, 1.54) is 0 Å². The second-order valence-electron chi connectivity index (χ2n) is 4.47. The zero-order valence-corrected chi connectivity index (χ0v) is 11.7. The van der Waals surface area contributed by atoms with Gasteiger partial charge in [-0.1, -0.05) is 11.6 Å². The molecule has 0 saturated carbocycles. The molecule has 20 heavy (non-hydrogen) atoms. The van der Waals surface area contributed by atoms with E-state index in [2.05, 4.69) is 20.3 Å². The summed E-state index contributed by atoms with van der Waals surface area (Å²) in [6.07, 6.45) is 3.54. The Morgan fingerprint density at radius 3 is 2.80 bits per heavy atom. The smallest absolute Gasteiger partial charge is 0.125 e. The fourth-order valence-corrected chi connectivity index (χ4v) is 2.23. The molecule has 2 heterocycles. The SMILES string of the molecule is Cc1nccc(CNc2ccnc3cc(Cl)ccc23)n1. The van der Waals surface area contributed by atoms with Crippen LogP contribution in [-0.2, 0) is 6.54 Å². The molecule has 0 aliphatic rings. The van der Waals surface area contributed by atoms with Crippen molar-refractivity contribution in [3.8, 4) is 0 Å². The van der Waals surface area contributed by atoms with Gasteiger partial charge < -0.3 is 5.32 Å². The number of rotatable bonds is 3. The lowest BCUT2D eigenvalue weighted by molar-refractivity contribution is 0.956. The monoisotopic (exact) mass is 284 g/mol. The van der Waals surface area contributed by atoms with Crippen LogP contribution in [0.3, 0.4) is 0 Å². The van der Waals surface area contributed by atoms with Crippen LogP contribution >= 0.6 is 11.6 Å². The van der Waals surface area contributed by atoms with E-state index < -0.39 is 0 Å². The summed E-state index contributed by atoms with van der Waals surface area (Å²) in [5.74, 6) is 0.774. The number of hydrogen-bond acceptors (Lipinski definition) is 4. The predicted molar refractivity (Wildman–Crippen MR) is 80.8 cm³/mol. The highest BCUT2D eigenvalue weighted by Gasteiger charge is 2.03. The topological polar surface area (TPSA) is 50.7 Å². The van der Waals surface area contributed by atoms with Crippen LogP contribution in [0.15, 0.2) is 42.7 Å². The van der Waals surface area contributed by atoms with Crippen molar-refractivity contribution in [2.24, 2.45) is 0 Å². The Kier molecular flexibility index (Phi) is 3.48. The van der Waals surface area contributed by atoms with Crippen molar-refractivity contribution in [1.29, 1.82) is 0 Å². The van der Waals surface area contributed by atoms with Crippen molar-refractivity contribution in [1.82, 2.24) is 15.0 Å². The van der Waals surface area contributed by atoms with Gasteiger partial charge in [0.1, 0.15) is 5.82 Å². The molecule has 0 saturated heterocycles. The highest BCUT2D eigenvalue weighted by atomic mass is 35.5. The molecular formula is C15H13ClN4. The quantitative estimate of drug-likeness (QED) is 0.798. The summed E-state index contributed by atoms with van der Waals surface area (Å²) in [5.41, 5.74) is 2.85. The first-order valence-corrected chi connectivity index (χ1v) is 6.67. The summed E-state index contributed by atoms with van der Waals surface area (Å²) in [5, 5.41) is 5.11. The molecule has 0 spiro atoms. The molecule has 0 amide bonds. The zero-order valence-electron chi connectivity index (χ0n) is 11.0. The molecule has 0 bridgehead atoms. The van der Waals surface area contributed by atoms with Gasteiger partial charge in [0, 0.05) is 28.5 Å². The molecule has 2 aromatic heterocycles. The van der Waals surface area contributed by atoms with Crippen LogP contribution in [0.1, 0.15) is 11.5 Å². The third-order valence-electron chi connectivity index (χ3n) is 3.00. The molecule has 5 heteroatoms. The predicted octanol–water partition coefficient (Wildman–Crippen LogP) is 3.60. The summed E-state index contributed by atoms with van der Waals surface area (Å²) in [7, 11) is 0. The third kappa shape index (κ3) is 2.70. The normalized spacial score (nSPS) is 10.7. The number of nitrogens with zero attached hydrogens (tertiary/aromatic N) is 3. The second kappa shape index (κ2) is 5.43. The van der Waals surface area contributed by atoms with E-state index in [-0.39, 0.29) is 0 Å². The molecule has 3 aromatic rings. The van der Waals surface area contributed by atoms with Crippen molar-refractivity contribution in [3.05, 3.63) is 59.3 Å². The first-order chi connectivity index (χ1) is 9.72. The summed E-state index contributed by atoms with van der Waals surface area (Å²) >= 11 is 5.98. The van der Waals surface area contributed by atoms with E-state index in [1.54, 1.807) is 12.4 Å². The number of aryl methyl sites for hydroxylation is 1. The van der Waals surface area contributed by atoms with Crippen molar-refractivity contribution in [3.63, 3.8) is 0 Å². The Morgan fingerprint density at radius 2 is 1.95 bits per heavy atom. The van der Waals surface area contributed by atoms with Crippen molar-refractivity contribution in [2.45, 2.75) is 13.5 Å². The summed E-state index contributed by atoms with van der Waals surface area (Å²) < 4.78 is 0. The Bertz CT molecular complexity index is 758. The van der Waals surface area contributed by atoms with Crippen LogP contribution in [0.5, 0.6) is 0 Å². The minimum absolute atomic E-state index is 0.644. The van der Waals surface area contributed by atoms with Gasteiger partial charge in [0.2, 0.25) is 0 Å². The number of nitrogens with one attached hydrogen (secondary N) is 1. The number of pyridine rings is 1. The van der Waals surface area contributed by atoms with Gasteiger partial charge in [0.05, 0.1) is 17.8 Å². The fourth-order valence-electron chi connectivity index (χ4n) is 2.06. The van der Waals surface area contributed by atoms with Crippen molar-refractivity contribution < 1.29 is 0 Å². The molecule has 0 aliphatic carbocycles. The first-order valence-electron chi connectivity index (χ1n) is 6.29. The minimum atomic E-state index is 0.644. The van der Waals surface area contributed by atoms with Gasteiger partial charge in [-0.05, 0) is 37.3 Å². The van der Waals surface area contributed by atoms with E-state index in [9.17, 15) is 0 Å². The van der Waals surface area contributed by atoms with E-state index in [4.69, 9.17) is 11.6 Å². The minimum Gasteiger partial charge on any atom is -0.379 e. The van der Waals surface area contributed by atoms with Crippen LogP contribution in [0.4, 0.5) is 5.69 Å². The van der Waals surface area contributed by atoms with Gasteiger partial charge in [-0.3, -0.25) is 4.98 Å². The molecular weight excluding hydrogens is 272 g/mol. The van der Waals surface area contributed by atoms with Gasteiger partial charge in [-0.25, -0.2) is 9.97 Å². The number of hydrogen-bond donors (Lipinski definition) is 1. The summed E-state index contributed by atoms with van der Waals surface area (Å²) in [6, 6.07) is 9.55. The van der Waals surface area contributed by atoms with E-state index in [0.717, 1.165) is 28.1 Å². The Balaban J connectivity index is 1.87. The maximum Gasteiger partial charge on any atom is 0.125 e. The Morgan fingerprint density at radius 1 is 1.10 bits per heavy atom. The largest absolute Gasteiger partial charge is 0.379 e. The van der Waals surface area contributed by atoms with Crippen LogP contribution in [0.2, 0.25) is 5.02 Å². The molecule has 0 aliphatic heterocycles. The van der Waals surface area contributed by atoms with Crippen molar-refractivity contribution >= 4 is 28.2 Å². The van der Waals surface area contributed by atoms with E-state index in [1.807, 2.05) is 37.3 Å². The Labute approximate surface area is 121 Å². The van der Waals surface area contributed by atoms with Gasteiger partial charge in [0.15, 0.2) is 0 Å². The number of aromatic nitrogens is 3. The number of fused-ring (bicyclic) bond motifs is 1. The molecule has 0 radical (unpaired) electrons. The lowest BCUT2D eigenvalue weighted by atomic mass is 10.2. The number of benzene rings is 1. The molecule has 0 atom stereocenters. The molecule has 1 aromatic carbocycles. The number of halogens is 1. The van der Waals surface area contributed by atoms with Gasteiger partial charge >= 0.3 is 0 Å². The highest BCUT2D eigenvalue weighted by molar-refractivity contribution is 6.31. The van der Waals surface area contributed by atoms with Crippen molar-refractivity contribution in [2.75, 3.05) is 5.32 Å². The van der Waals surface area contributed by atoms with E-state index >= 15 is 0 Å². The first kappa shape index (κ1) is 12.8. The maximum atomic E-state index is 5.98. The highest BCUT2D eigenvalue weighted by Crippen LogP contribution is 2.24. The maximum absolute atomic E-state index is 5.98. The molecule has 3 rings (SSSR count). The molecule has 4 nitrogen and oxygen atoms in total. The lowest BCUT2D eigenvalue weighted by Gasteiger charge is -2.09. The van der Waals surface area contributed by atoms with Crippen LogP contribution < -0.4 is 5.32 Å². The van der Waals surface area contributed by atoms with Crippen LogP contribution in [0, 0.1) is 6.92 Å².